The lowest BCUT2D eigenvalue weighted by Crippen LogP contribution is -2.64. The Labute approximate surface area is 177 Å². The van der Waals surface area contributed by atoms with Crippen molar-refractivity contribution in [1.82, 2.24) is 10.6 Å². The predicted octanol–water partition coefficient (Wildman–Crippen LogP) is 2.60. The minimum atomic E-state index is -1.45. The minimum Gasteiger partial charge on any atom is -0.330 e. The third kappa shape index (κ3) is 4.88. The summed E-state index contributed by atoms with van der Waals surface area (Å²) in [5, 5.41) is 16.7. The number of hydrogen-bond acceptors (Lipinski definition) is 5. The number of benzene rings is 1. The zero-order valence-corrected chi connectivity index (χ0v) is 17.1. The van der Waals surface area contributed by atoms with E-state index in [9.17, 15) is 18.9 Å². The number of nitrogens with two attached hydrogens (primary N) is 2. The molecular formula is C19H25ClF2N6O2. The highest BCUT2D eigenvalue weighted by Crippen LogP contribution is 2.34. The average Bonchev–Trinajstić information content (AvgIpc) is 2.71. The SMILES string of the molecule is NCC1CCC(CC2(N)NC(=NCc3c(F)ccc(F)c3Cl)NC=C2[N+](=O)[O-])CC1. The molecule has 0 amide bonds. The smallest absolute Gasteiger partial charge is 0.301 e. The Morgan fingerprint density at radius 2 is 1.87 bits per heavy atom. The van der Waals surface area contributed by atoms with E-state index in [1.807, 2.05) is 0 Å². The first-order valence-electron chi connectivity index (χ1n) is 9.79. The molecule has 1 heterocycles. The molecule has 0 saturated heterocycles. The summed E-state index contributed by atoms with van der Waals surface area (Å²) in [6, 6.07) is 1.90. The van der Waals surface area contributed by atoms with Gasteiger partial charge in [0.25, 0.3) is 0 Å². The van der Waals surface area contributed by atoms with Gasteiger partial charge in [0.15, 0.2) is 11.6 Å². The summed E-state index contributed by atoms with van der Waals surface area (Å²) in [5.41, 5.74) is 10.4. The Morgan fingerprint density at radius 1 is 1.23 bits per heavy atom. The molecule has 6 N–H and O–H groups in total. The molecule has 0 bridgehead atoms. The van der Waals surface area contributed by atoms with E-state index in [0.29, 0.717) is 18.9 Å². The topological polar surface area (TPSA) is 132 Å². The van der Waals surface area contributed by atoms with E-state index < -0.39 is 22.2 Å². The average molecular weight is 443 g/mol. The Kier molecular flexibility index (Phi) is 6.89. The van der Waals surface area contributed by atoms with Crippen LogP contribution in [0.3, 0.4) is 0 Å². The number of nitro groups is 1. The third-order valence-electron chi connectivity index (χ3n) is 5.79. The second-order valence-corrected chi connectivity index (χ2v) is 8.22. The van der Waals surface area contributed by atoms with Gasteiger partial charge >= 0.3 is 5.70 Å². The molecule has 2 aliphatic rings. The fourth-order valence-corrected chi connectivity index (χ4v) is 4.25. The molecule has 0 spiro atoms. The van der Waals surface area contributed by atoms with Gasteiger partial charge < -0.3 is 16.4 Å². The lowest BCUT2D eigenvalue weighted by molar-refractivity contribution is -0.437. The number of hydrogen-bond donors (Lipinski definition) is 4. The molecule has 11 heteroatoms. The van der Waals surface area contributed by atoms with Crippen LogP contribution in [0, 0.1) is 33.6 Å². The van der Waals surface area contributed by atoms with Gasteiger partial charge in [0.1, 0.15) is 11.6 Å². The van der Waals surface area contributed by atoms with E-state index in [2.05, 4.69) is 15.6 Å². The molecular weight excluding hydrogens is 418 g/mol. The van der Waals surface area contributed by atoms with Gasteiger partial charge in [0.2, 0.25) is 0 Å². The standard InChI is InChI=1S/C19H25ClF2N6O2/c20-17-13(14(21)5-6-15(17)22)9-25-18-26-10-16(28(29)30)19(24,27-18)7-11-1-3-12(8-23)4-2-11/h5-6,10-12H,1-4,7-9,23-24H2,(H2,25,26,27). The molecule has 1 aromatic carbocycles. The lowest BCUT2D eigenvalue weighted by atomic mass is 9.77. The molecule has 0 aromatic heterocycles. The van der Waals surface area contributed by atoms with Gasteiger partial charge in [-0.1, -0.05) is 11.6 Å². The summed E-state index contributed by atoms with van der Waals surface area (Å²) >= 11 is 5.83. The van der Waals surface area contributed by atoms with Crippen molar-refractivity contribution in [2.75, 3.05) is 6.54 Å². The van der Waals surface area contributed by atoms with Crippen LogP contribution in [0.4, 0.5) is 8.78 Å². The first-order valence-corrected chi connectivity index (χ1v) is 10.2. The summed E-state index contributed by atoms with van der Waals surface area (Å²) in [7, 11) is 0. The van der Waals surface area contributed by atoms with Crippen molar-refractivity contribution in [1.29, 1.82) is 0 Å². The van der Waals surface area contributed by atoms with Crippen molar-refractivity contribution in [3.05, 3.63) is 56.4 Å². The Balaban J connectivity index is 1.77. The third-order valence-corrected chi connectivity index (χ3v) is 6.19. The molecule has 164 valence electrons. The van der Waals surface area contributed by atoms with Crippen LogP contribution in [0.25, 0.3) is 0 Å². The molecule has 30 heavy (non-hydrogen) atoms. The van der Waals surface area contributed by atoms with Crippen LogP contribution in [0.2, 0.25) is 5.02 Å². The van der Waals surface area contributed by atoms with Gasteiger partial charge in [-0.3, -0.25) is 15.8 Å². The molecule has 1 fully saturated rings. The normalized spacial score (nSPS) is 27.9. The maximum absolute atomic E-state index is 14.0. The Hall–Kier alpha value is -2.30. The highest BCUT2D eigenvalue weighted by molar-refractivity contribution is 6.31. The van der Waals surface area contributed by atoms with Gasteiger partial charge in [-0.05, 0) is 62.6 Å². The number of rotatable bonds is 6. The summed E-state index contributed by atoms with van der Waals surface area (Å²) in [4.78, 5) is 15.2. The summed E-state index contributed by atoms with van der Waals surface area (Å²) in [5.74, 6) is -0.653. The quantitative estimate of drug-likeness (QED) is 0.304. The van der Waals surface area contributed by atoms with Crippen LogP contribution in [0.1, 0.15) is 37.7 Å². The predicted molar refractivity (Wildman–Crippen MR) is 110 cm³/mol. The number of nitrogens with one attached hydrogen (secondary N) is 2. The largest absolute Gasteiger partial charge is 0.330 e. The Bertz CT molecular complexity index is 873. The Morgan fingerprint density at radius 3 is 2.50 bits per heavy atom. The summed E-state index contributed by atoms with van der Waals surface area (Å²) in [6.07, 6.45) is 5.23. The van der Waals surface area contributed by atoms with E-state index in [-0.39, 0.29) is 34.7 Å². The molecule has 0 radical (unpaired) electrons. The highest BCUT2D eigenvalue weighted by atomic mass is 35.5. The molecule has 1 atom stereocenters. The fourth-order valence-electron chi connectivity index (χ4n) is 4.03. The minimum absolute atomic E-state index is 0.112. The number of halogens is 3. The van der Waals surface area contributed by atoms with Gasteiger partial charge in [-0.2, -0.15) is 0 Å². The lowest BCUT2D eigenvalue weighted by Gasteiger charge is -2.37. The van der Waals surface area contributed by atoms with Crippen molar-refractivity contribution in [3.63, 3.8) is 0 Å². The first-order chi connectivity index (χ1) is 14.2. The van der Waals surface area contributed by atoms with Gasteiger partial charge in [0.05, 0.1) is 22.7 Å². The van der Waals surface area contributed by atoms with E-state index >= 15 is 0 Å². The molecule has 3 rings (SSSR count). The van der Waals surface area contributed by atoms with Crippen LogP contribution in [0.15, 0.2) is 29.0 Å². The maximum Gasteiger partial charge on any atom is 0.301 e. The van der Waals surface area contributed by atoms with Crippen LogP contribution in [-0.2, 0) is 6.54 Å². The number of nitrogens with zero attached hydrogens (tertiary/aromatic N) is 2. The summed E-state index contributed by atoms with van der Waals surface area (Å²) < 4.78 is 27.6. The van der Waals surface area contributed by atoms with Crippen LogP contribution >= 0.6 is 11.6 Å². The highest BCUT2D eigenvalue weighted by Gasteiger charge is 2.44. The molecule has 1 unspecified atom stereocenters. The van der Waals surface area contributed by atoms with E-state index in [1.54, 1.807) is 0 Å². The van der Waals surface area contributed by atoms with E-state index in [1.165, 1.54) is 6.20 Å². The monoisotopic (exact) mass is 442 g/mol. The van der Waals surface area contributed by atoms with Crippen molar-refractivity contribution in [2.24, 2.45) is 28.3 Å². The maximum atomic E-state index is 14.0. The van der Waals surface area contributed by atoms with Crippen molar-refractivity contribution >= 4 is 17.6 Å². The second kappa shape index (κ2) is 9.23. The second-order valence-electron chi connectivity index (χ2n) is 7.84. The van der Waals surface area contributed by atoms with Gasteiger partial charge in [0, 0.05) is 5.56 Å². The first kappa shape index (κ1) is 22.4. The van der Waals surface area contributed by atoms with Gasteiger partial charge in [-0.25, -0.2) is 13.8 Å². The zero-order valence-electron chi connectivity index (χ0n) is 16.3. The van der Waals surface area contributed by atoms with E-state index in [0.717, 1.165) is 37.8 Å². The van der Waals surface area contributed by atoms with Crippen LogP contribution in [-0.4, -0.2) is 23.1 Å². The molecule has 1 saturated carbocycles. The number of aliphatic imine (C=N–C) groups is 1. The molecule has 1 aliphatic heterocycles. The zero-order chi connectivity index (χ0) is 21.9. The molecule has 8 nitrogen and oxygen atoms in total. The van der Waals surface area contributed by atoms with Crippen LogP contribution in [0.5, 0.6) is 0 Å². The van der Waals surface area contributed by atoms with Crippen molar-refractivity contribution < 1.29 is 13.7 Å². The van der Waals surface area contributed by atoms with Gasteiger partial charge in [-0.15, -0.1) is 0 Å². The van der Waals surface area contributed by atoms with Crippen molar-refractivity contribution in [2.45, 2.75) is 44.3 Å². The van der Waals surface area contributed by atoms with E-state index in [4.69, 9.17) is 23.1 Å². The summed E-state index contributed by atoms with van der Waals surface area (Å²) in [6.45, 7) is 0.371. The molecule has 1 aromatic rings. The van der Waals surface area contributed by atoms with Crippen LogP contribution < -0.4 is 22.1 Å². The molecule has 1 aliphatic carbocycles. The number of guanidine groups is 1. The fraction of sp³-hybridized carbons (Fsp3) is 0.526. The van der Waals surface area contributed by atoms with Crippen molar-refractivity contribution in [3.8, 4) is 0 Å².